The quantitative estimate of drug-likeness (QED) is 0.712. The Morgan fingerprint density at radius 3 is 2.46 bits per heavy atom. The molecule has 1 heterocycles. The SMILES string of the molecule is CC(C)(CN)C(=O)C1CCOCC1. The number of carbonyl (C=O) groups is 1. The highest BCUT2D eigenvalue weighted by Gasteiger charge is 2.33. The zero-order valence-electron chi connectivity index (χ0n) is 8.51. The molecule has 0 unspecified atom stereocenters. The minimum absolute atomic E-state index is 0.173. The molecule has 0 spiro atoms. The van der Waals surface area contributed by atoms with E-state index in [-0.39, 0.29) is 11.3 Å². The van der Waals surface area contributed by atoms with Gasteiger partial charge in [0.1, 0.15) is 5.78 Å². The third-order valence-electron chi connectivity index (χ3n) is 2.77. The lowest BCUT2D eigenvalue weighted by molar-refractivity contribution is -0.133. The number of hydrogen-bond acceptors (Lipinski definition) is 3. The van der Waals surface area contributed by atoms with Crippen LogP contribution in [0.15, 0.2) is 0 Å². The van der Waals surface area contributed by atoms with Gasteiger partial charge in [0.15, 0.2) is 0 Å². The Bertz CT molecular complexity index is 183. The molecule has 0 amide bonds. The molecule has 0 aromatic heterocycles. The summed E-state index contributed by atoms with van der Waals surface area (Å²) in [5, 5.41) is 0. The summed E-state index contributed by atoms with van der Waals surface area (Å²) in [5.74, 6) is 0.477. The van der Waals surface area contributed by atoms with Gasteiger partial charge >= 0.3 is 0 Å². The zero-order chi connectivity index (χ0) is 9.90. The fourth-order valence-corrected chi connectivity index (χ4v) is 1.61. The van der Waals surface area contributed by atoms with Crippen LogP contribution in [0.2, 0.25) is 0 Å². The molecule has 2 N–H and O–H groups in total. The molecule has 3 heteroatoms. The van der Waals surface area contributed by atoms with Gasteiger partial charge in [-0.15, -0.1) is 0 Å². The highest BCUT2D eigenvalue weighted by Crippen LogP contribution is 2.26. The van der Waals surface area contributed by atoms with Crippen molar-refractivity contribution < 1.29 is 9.53 Å². The largest absolute Gasteiger partial charge is 0.381 e. The maximum Gasteiger partial charge on any atom is 0.142 e. The average molecular weight is 185 g/mol. The number of hydrogen-bond donors (Lipinski definition) is 1. The highest BCUT2D eigenvalue weighted by molar-refractivity contribution is 5.86. The van der Waals surface area contributed by atoms with Gasteiger partial charge < -0.3 is 10.5 Å². The minimum Gasteiger partial charge on any atom is -0.381 e. The maximum absolute atomic E-state index is 11.9. The lowest BCUT2D eigenvalue weighted by Gasteiger charge is -2.29. The molecule has 0 bridgehead atoms. The van der Waals surface area contributed by atoms with Gasteiger partial charge in [-0.3, -0.25) is 4.79 Å². The maximum atomic E-state index is 11.9. The predicted molar refractivity (Wildman–Crippen MR) is 51.4 cm³/mol. The number of ketones is 1. The monoisotopic (exact) mass is 185 g/mol. The number of nitrogens with two attached hydrogens (primary N) is 1. The van der Waals surface area contributed by atoms with Crippen LogP contribution in [-0.4, -0.2) is 25.5 Å². The second-order valence-electron chi connectivity index (χ2n) is 4.34. The van der Waals surface area contributed by atoms with E-state index in [9.17, 15) is 4.79 Å². The molecule has 0 aromatic carbocycles. The lowest BCUT2D eigenvalue weighted by atomic mass is 9.78. The molecule has 0 aliphatic carbocycles. The first-order valence-electron chi connectivity index (χ1n) is 4.90. The second kappa shape index (κ2) is 4.20. The molecule has 0 aromatic rings. The highest BCUT2D eigenvalue weighted by atomic mass is 16.5. The molecule has 1 aliphatic rings. The summed E-state index contributed by atoms with van der Waals surface area (Å²) in [6.45, 7) is 5.72. The first-order valence-corrected chi connectivity index (χ1v) is 4.90. The van der Waals surface area contributed by atoms with E-state index >= 15 is 0 Å². The van der Waals surface area contributed by atoms with Crippen molar-refractivity contribution in [3.05, 3.63) is 0 Å². The smallest absolute Gasteiger partial charge is 0.142 e. The zero-order valence-corrected chi connectivity index (χ0v) is 8.51. The molecule has 0 atom stereocenters. The molecule has 1 rings (SSSR count). The van der Waals surface area contributed by atoms with Crippen LogP contribution in [0.25, 0.3) is 0 Å². The van der Waals surface area contributed by atoms with Crippen LogP contribution >= 0.6 is 0 Å². The molecule has 1 saturated heterocycles. The number of rotatable bonds is 3. The Labute approximate surface area is 79.6 Å². The van der Waals surface area contributed by atoms with Crippen molar-refractivity contribution in [2.75, 3.05) is 19.8 Å². The molecular weight excluding hydrogens is 166 g/mol. The van der Waals surface area contributed by atoms with Crippen LogP contribution < -0.4 is 5.73 Å². The summed E-state index contributed by atoms with van der Waals surface area (Å²) in [6.07, 6.45) is 1.73. The molecular formula is C10H19NO2. The van der Waals surface area contributed by atoms with Gasteiger partial charge in [-0.1, -0.05) is 13.8 Å². The fraction of sp³-hybridized carbons (Fsp3) is 0.900. The van der Waals surface area contributed by atoms with Crippen molar-refractivity contribution in [1.29, 1.82) is 0 Å². The predicted octanol–water partition coefficient (Wildman–Crippen LogP) is 0.967. The van der Waals surface area contributed by atoms with E-state index in [4.69, 9.17) is 10.5 Å². The van der Waals surface area contributed by atoms with Gasteiger partial charge in [0.25, 0.3) is 0 Å². The van der Waals surface area contributed by atoms with E-state index in [0.29, 0.717) is 12.3 Å². The molecule has 1 aliphatic heterocycles. The standard InChI is InChI=1S/C10H19NO2/c1-10(2,7-11)9(12)8-3-5-13-6-4-8/h8H,3-7,11H2,1-2H3. The van der Waals surface area contributed by atoms with Crippen molar-refractivity contribution in [2.45, 2.75) is 26.7 Å². The minimum atomic E-state index is -0.359. The first-order chi connectivity index (χ1) is 6.08. The normalized spacial score (nSPS) is 20.2. The van der Waals surface area contributed by atoms with Crippen molar-refractivity contribution in [1.82, 2.24) is 0 Å². The lowest BCUT2D eigenvalue weighted by Crippen LogP contribution is -2.39. The van der Waals surface area contributed by atoms with Crippen LogP contribution in [-0.2, 0) is 9.53 Å². The first kappa shape index (κ1) is 10.7. The third-order valence-corrected chi connectivity index (χ3v) is 2.77. The van der Waals surface area contributed by atoms with Crippen molar-refractivity contribution in [3.63, 3.8) is 0 Å². The van der Waals surface area contributed by atoms with Gasteiger partial charge in [-0.2, -0.15) is 0 Å². The third kappa shape index (κ3) is 2.51. The van der Waals surface area contributed by atoms with Crippen molar-refractivity contribution in [3.8, 4) is 0 Å². The van der Waals surface area contributed by atoms with Crippen LogP contribution in [0.1, 0.15) is 26.7 Å². The molecule has 3 nitrogen and oxygen atoms in total. The van der Waals surface area contributed by atoms with E-state index < -0.39 is 0 Å². The molecule has 0 saturated carbocycles. The Morgan fingerprint density at radius 1 is 1.46 bits per heavy atom. The van der Waals surface area contributed by atoms with E-state index in [2.05, 4.69) is 0 Å². The Hall–Kier alpha value is -0.410. The van der Waals surface area contributed by atoms with Crippen LogP contribution in [0.5, 0.6) is 0 Å². The van der Waals surface area contributed by atoms with E-state index in [1.165, 1.54) is 0 Å². The summed E-state index contributed by atoms with van der Waals surface area (Å²) in [7, 11) is 0. The van der Waals surface area contributed by atoms with Gasteiger partial charge in [0, 0.05) is 31.1 Å². The molecule has 1 fully saturated rings. The summed E-state index contributed by atoms with van der Waals surface area (Å²) < 4.78 is 5.21. The van der Waals surface area contributed by atoms with E-state index in [1.54, 1.807) is 0 Å². The van der Waals surface area contributed by atoms with Crippen LogP contribution in [0.4, 0.5) is 0 Å². The number of Topliss-reactive ketones (excluding diaryl/α,β-unsaturated/α-hetero) is 1. The van der Waals surface area contributed by atoms with Gasteiger partial charge in [0.2, 0.25) is 0 Å². The Morgan fingerprint density at radius 2 is 2.00 bits per heavy atom. The number of ether oxygens (including phenoxy) is 1. The summed E-state index contributed by atoms with van der Waals surface area (Å²) >= 11 is 0. The number of carbonyl (C=O) groups excluding carboxylic acids is 1. The topological polar surface area (TPSA) is 52.3 Å². The fourth-order valence-electron chi connectivity index (χ4n) is 1.61. The molecule has 13 heavy (non-hydrogen) atoms. The summed E-state index contributed by atoms with van der Waals surface area (Å²) in [4.78, 5) is 11.9. The van der Waals surface area contributed by atoms with Crippen LogP contribution in [0.3, 0.4) is 0 Å². The average Bonchev–Trinajstić information content (AvgIpc) is 2.18. The molecule has 0 radical (unpaired) electrons. The van der Waals surface area contributed by atoms with Gasteiger partial charge in [-0.05, 0) is 12.8 Å². The van der Waals surface area contributed by atoms with E-state index in [0.717, 1.165) is 26.1 Å². The van der Waals surface area contributed by atoms with Gasteiger partial charge in [0.05, 0.1) is 0 Å². The van der Waals surface area contributed by atoms with Crippen LogP contribution in [0, 0.1) is 11.3 Å². The summed E-state index contributed by atoms with van der Waals surface area (Å²) in [5.41, 5.74) is 5.20. The second-order valence-corrected chi connectivity index (χ2v) is 4.34. The van der Waals surface area contributed by atoms with E-state index in [1.807, 2.05) is 13.8 Å². The van der Waals surface area contributed by atoms with Gasteiger partial charge in [-0.25, -0.2) is 0 Å². The molecule has 76 valence electrons. The summed E-state index contributed by atoms with van der Waals surface area (Å²) in [6, 6.07) is 0. The van der Waals surface area contributed by atoms with Crippen molar-refractivity contribution in [2.24, 2.45) is 17.1 Å². The Balaban J connectivity index is 2.55. The van der Waals surface area contributed by atoms with Crippen molar-refractivity contribution >= 4 is 5.78 Å². The Kier molecular flexibility index (Phi) is 3.45.